The summed E-state index contributed by atoms with van der Waals surface area (Å²) in [6, 6.07) is 6.10. The normalized spacial score (nSPS) is 15.0. The highest BCUT2D eigenvalue weighted by Gasteiger charge is 2.22. The van der Waals surface area contributed by atoms with Gasteiger partial charge in [0.1, 0.15) is 10.1 Å². The molecule has 0 spiro atoms. The zero-order valence-electron chi connectivity index (χ0n) is 15.5. The van der Waals surface area contributed by atoms with E-state index in [1.807, 2.05) is 6.07 Å². The van der Waals surface area contributed by atoms with E-state index in [-0.39, 0.29) is 5.91 Å². The Morgan fingerprint density at radius 2 is 1.89 bits per heavy atom. The standard InChI is InChI=1S/C22H16N2O2S2/c1-12-6-13(2)18(14(3)7-12)5-4-15-10-23-11-16-8-17(26-20(15)16)9-19-21(25)24-22(27)28-19/h6-11H,1-3H3,(H,24,25,27)/b19-9+. The van der Waals surface area contributed by atoms with Crippen molar-refractivity contribution in [3.05, 3.63) is 69.1 Å². The van der Waals surface area contributed by atoms with Crippen LogP contribution in [0, 0.1) is 32.6 Å². The van der Waals surface area contributed by atoms with Gasteiger partial charge < -0.3 is 9.73 Å². The third-order valence-electron chi connectivity index (χ3n) is 4.36. The topological polar surface area (TPSA) is 55.1 Å². The molecule has 0 bridgehead atoms. The zero-order chi connectivity index (χ0) is 19.8. The average Bonchev–Trinajstić information content (AvgIpc) is 3.16. The number of carbonyl (C=O) groups is 1. The summed E-state index contributed by atoms with van der Waals surface area (Å²) < 4.78 is 6.41. The number of rotatable bonds is 1. The second-order valence-electron chi connectivity index (χ2n) is 6.63. The molecule has 0 radical (unpaired) electrons. The van der Waals surface area contributed by atoms with Crippen molar-refractivity contribution in [2.24, 2.45) is 0 Å². The van der Waals surface area contributed by atoms with Crippen LogP contribution in [0.15, 0.2) is 39.9 Å². The molecule has 0 unspecified atom stereocenters. The molecule has 4 nitrogen and oxygen atoms in total. The lowest BCUT2D eigenvalue weighted by molar-refractivity contribution is -0.115. The maximum atomic E-state index is 11.9. The van der Waals surface area contributed by atoms with E-state index < -0.39 is 0 Å². The molecule has 138 valence electrons. The molecule has 1 fully saturated rings. The quantitative estimate of drug-likeness (QED) is 0.364. The third kappa shape index (κ3) is 3.59. The lowest BCUT2D eigenvalue weighted by atomic mass is 10.00. The van der Waals surface area contributed by atoms with Gasteiger partial charge in [-0.1, -0.05) is 53.5 Å². The first-order valence-corrected chi connectivity index (χ1v) is 9.85. The van der Waals surface area contributed by atoms with Gasteiger partial charge in [0.25, 0.3) is 5.91 Å². The Balaban J connectivity index is 1.75. The van der Waals surface area contributed by atoms with Crippen molar-refractivity contribution >= 4 is 51.3 Å². The molecule has 1 aliphatic rings. The molecule has 6 heteroatoms. The van der Waals surface area contributed by atoms with Gasteiger partial charge in [0.2, 0.25) is 0 Å². The molecule has 3 heterocycles. The second-order valence-corrected chi connectivity index (χ2v) is 8.35. The maximum absolute atomic E-state index is 11.9. The van der Waals surface area contributed by atoms with Crippen LogP contribution in [0.2, 0.25) is 0 Å². The van der Waals surface area contributed by atoms with E-state index in [1.165, 1.54) is 17.3 Å². The van der Waals surface area contributed by atoms with Gasteiger partial charge in [-0.2, -0.15) is 0 Å². The SMILES string of the molecule is Cc1cc(C)c(C#Cc2cncc3cc(/C=C4/SC(=S)NC4=O)oc23)c(C)c1. The molecular formula is C22H16N2O2S2. The van der Waals surface area contributed by atoms with Crippen LogP contribution in [0.3, 0.4) is 0 Å². The number of thioether (sulfide) groups is 1. The van der Waals surface area contributed by atoms with Crippen LogP contribution in [0.25, 0.3) is 17.0 Å². The molecule has 28 heavy (non-hydrogen) atoms. The Hall–Kier alpha value is -2.88. The highest BCUT2D eigenvalue weighted by Crippen LogP contribution is 2.29. The second kappa shape index (κ2) is 7.27. The number of hydrogen-bond acceptors (Lipinski definition) is 5. The number of benzene rings is 1. The van der Waals surface area contributed by atoms with E-state index in [4.69, 9.17) is 16.6 Å². The molecule has 0 atom stereocenters. The van der Waals surface area contributed by atoms with Crippen LogP contribution in [0.1, 0.15) is 33.6 Å². The summed E-state index contributed by atoms with van der Waals surface area (Å²) in [6.45, 7) is 6.21. The Morgan fingerprint density at radius 3 is 2.57 bits per heavy atom. The third-order valence-corrected chi connectivity index (χ3v) is 5.52. The van der Waals surface area contributed by atoms with E-state index in [9.17, 15) is 4.79 Å². The van der Waals surface area contributed by atoms with E-state index in [2.05, 4.69) is 55.0 Å². The van der Waals surface area contributed by atoms with E-state index in [1.54, 1.807) is 18.5 Å². The summed E-state index contributed by atoms with van der Waals surface area (Å²) in [5, 5.41) is 3.43. The molecule has 1 amide bonds. The summed E-state index contributed by atoms with van der Waals surface area (Å²) in [6.07, 6.45) is 5.10. The Kier molecular flexibility index (Phi) is 4.80. The van der Waals surface area contributed by atoms with Gasteiger partial charge in [0.05, 0.1) is 10.5 Å². The molecule has 2 aromatic heterocycles. The van der Waals surface area contributed by atoms with Crippen LogP contribution in [0.4, 0.5) is 0 Å². The molecule has 0 aliphatic carbocycles. The number of carbonyl (C=O) groups excluding carboxylic acids is 1. The first-order valence-electron chi connectivity index (χ1n) is 8.63. The Bertz CT molecular complexity index is 1220. The molecule has 1 aromatic carbocycles. The highest BCUT2D eigenvalue weighted by atomic mass is 32.2. The van der Waals surface area contributed by atoms with Crippen molar-refractivity contribution in [1.29, 1.82) is 0 Å². The Labute approximate surface area is 172 Å². The average molecular weight is 405 g/mol. The molecule has 0 saturated carbocycles. The minimum atomic E-state index is -0.209. The molecule has 1 aliphatic heterocycles. The van der Waals surface area contributed by atoms with Gasteiger partial charge in [0.15, 0.2) is 5.58 Å². The number of thiocarbonyl (C=S) groups is 1. The van der Waals surface area contributed by atoms with Gasteiger partial charge in [-0.05, 0) is 38.0 Å². The van der Waals surface area contributed by atoms with Crippen LogP contribution in [-0.4, -0.2) is 15.2 Å². The van der Waals surface area contributed by atoms with Crippen LogP contribution < -0.4 is 5.32 Å². The summed E-state index contributed by atoms with van der Waals surface area (Å²) in [5.41, 5.74) is 5.90. The molecular weight excluding hydrogens is 388 g/mol. The number of pyridine rings is 1. The highest BCUT2D eigenvalue weighted by molar-refractivity contribution is 8.26. The largest absolute Gasteiger partial charge is 0.455 e. The van der Waals surface area contributed by atoms with Crippen LogP contribution in [0.5, 0.6) is 0 Å². The predicted molar refractivity (Wildman–Crippen MR) is 117 cm³/mol. The van der Waals surface area contributed by atoms with Crippen LogP contribution in [-0.2, 0) is 4.79 Å². The van der Waals surface area contributed by atoms with Crippen molar-refractivity contribution < 1.29 is 9.21 Å². The van der Waals surface area contributed by atoms with Crippen molar-refractivity contribution in [3.8, 4) is 11.8 Å². The first-order chi connectivity index (χ1) is 13.4. The summed E-state index contributed by atoms with van der Waals surface area (Å²) in [7, 11) is 0. The number of aromatic nitrogens is 1. The zero-order valence-corrected chi connectivity index (χ0v) is 17.2. The van der Waals surface area contributed by atoms with Crippen molar-refractivity contribution in [2.45, 2.75) is 20.8 Å². The fourth-order valence-electron chi connectivity index (χ4n) is 3.20. The minimum absolute atomic E-state index is 0.209. The number of nitrogens with zero attached hydrogens (tertiary/aromatic N) is 1. The number of furan rings is 1. The minimum Gasteiger partial charge on any atom is -0.455 e. The number of aryl methyl sites for hydroxylation is 3. The van der Waals surface area contributed by atoms with Gasteiger partial charge in [-0.3, -0.25) is 9.78 Å². The molecule has 3 aromatic rings. The molecule has 4 rings (SSSR count). The van der Waals surface area contributed by atoms with E-state index in [0.717, 1.165) is 22.1 Å². The Morgan fingerprint density at radius 1 is 1.14 bits per heavy atom. The summed E-state index contributed by atoms with van der Waals surface area (Å²) in [4.78, 5) is 16.6. The molecule has 1 N–H and O–H groups in total. The molecule has 1 saturated heterocycles. The monoisotopic (exact) mass is 404 g/mol. The van der Waals surface area contributed by atoms with E-state index in [0.29, 0.717) is 26.1 Å². The smallest absolute Gasteiger partial charge is 0.263 e. The van der Waals surface area contributed by atoms with E-state index >= 15 is 0 Å². The van der Waals surface area contributed by atoms with Gasteiger partial charge in [-0.25, -0.2) is 0 Å². The first kappa shape index (κ1) is 18.5. The fraction of sp³-hybridized carbons (Fsp3) is 0.136. The van der Waals surface area contributed by atoms with Gasteiger partial charge in [-0.15, -0.1) is 0 Å². The number of nitrogens with one attached hydrogen (secondary N) is 1. The van der Waals surface area contributed by atoms with Gasteiger partial charge in [0, 0.05) is 29.4 Å². The number of amides is 1. The van der Waals surface area contributed by atoms with Crippen LogP contribution >= 0.6 is 24.0 Å². The summed E-state index contributed by atoms with van der Waals surface area (Å²) >= 11 is 6.24. The summed E-state index contributed by atoms with van der Waals surface area (Å²) in [5.74, 6) is 6.81. The van der Waals surface area contributed by atoms with Gasteiger partial charge >= 0.3 is 0 Å². The lowest BCUT2D eigenvalue weighted by Gasteiger charge is -2.04. The number of hydrogen-bond donors (Lipinski definition) is 1. The van der Waals surface area contributed by atoms with Crippen molar-refractivity contribution in [2.75, 3.05) is 0 Å². The van der Waals surface area contributed by atoms with Crippen molar-refractivity contribution in [3.63, 3.8) is 0 Å². The predicted octanol–water partition coefficient (Wildman–Crippen LogP) is 4.64. The maximum Gasteiger partial charge on any atom is 0.263 e. The lowest BCUT2D eigenvalue weighted by Crippen LogP contribution is -2.17. The fourth-order valence-corrected chi connectivity index (χ4v) is 4.22. The number of fused-ring (bicyclic) bond motifs is 1. The van der Waals surface area contributed by atoms with Crippen molar-refractivity contribution in [1.82, 2.24) is 10.3 Å².